The Balaban J connectivity index is 4.33. The Labute approximate surface area is 177 Å². The van der Waals surface area contributed by atoms with Gasteiger partial charge < -0.3 is 20.4 Å². The van der Waals surface area contributed by atoms with E-state index in [1.807, 2.05) is 0 Å². The maximum absolute atomic E-state index is 9.00. The second-order valence-electron chi connectivity index (χ2n) is 7.82. The van der Waals surface area contributed by atoms with Gasteiger partial charge in [0.05, 0.1) is 0 Å². The lowest BCUT2D eigenvalue weighted by molar-refractivity contribution is 0.283. The number of rotatable bonds is 23. The van der Waals surface area contributed by atoms with Crippen LogP contribution >= 0.6 is 15.8 Å². The summed E-state index contributed by atoms with van der Waals surface area (Å²) < 4.78 is 0. The van der Waals surface area contributed by atoms with Gasteiger partial charge in [0.15, 0.2) is 0 Å². The highest BCUT2D eigenvalue weighted by molar-refractivity contribution is 7.61. The average Bonchev–Trinajstić information content (AvgIpc) is 2.71. The van der Waals surface area contributed by atoms with Crippen LogP contribution < -0.4 is 0 Å². The van der Waals surface area contributed by atoms with Gasteiger partial charge in [0.25, 0.3) is 0 Å². The molecule has 0 fully saturated rings. The number of aliphatic hydroxyl groups is 4. The second kappa shape index (κ2) is 24.0. The highest BCUT2D eigenvalue weighted by Crippen LogP contribution is 2.45. The molecule has 0 aliphatic carbocycles. The molecule has 0 rings (SSSR count). The van der Waals surface area contributed by atoms with Crippen molar-refractivity contribution in [2.75, 3.05) is 63.4 Å². The largest absolute Gasteiger partial charge is 0.396 e. The van der Waals surface area contributed by atoms with Gasteiger partial charge in [-0.2, -0.15) is 0 Å². The Morgan fingerprint density at radius 3 is 0.750 bits per heavy atom. The minimum Gasteiger partial charge on any atom is -0.396 e. The van der Waals surface area contributed by atoms with Crippen molar-refractivity contribution in [2.24, 2.45) is 0 Å². The molecule has 0 atom stereocenters. The molecule has 0 aliphatic rings. The van der Waals surface area contributed by atoms with Gasteiger partial charge in [-0.3, -0.25) is 0 Å². The van der Waals surface area contributed by atoms with Gasteiger partial charge in [-0.15, -0.1) is 15.8 Å². The van der Waals surface area contributed by atoms with Crippen LogP contribution in [0.25, 0.3) is 0 Å². The lowest BCUT2D eigenvalue weighted by Crippen LogP contribution is -2.04. The van der Waals surface area contributed by atoms with Crippen molar-refractivity contribution in [3.8, 4) is 0 Å². The lowest BCUT2D eigenvalue weighted by atomic mass is 10.3. The Morgan fingerprint density at radius 1 is 0.286 bits per heavy atom. The molecule has 0 aromatic rings. The van der Waals surface area contributed by atoms with Crippen LogP contribution in [-0.2, 0) is 0 Å². The monoisotopic (exact) mass is 438 g/mol. The van der Waals surface area contributed by atoms with Gasteiger partial charge in [0, 0.05) is 26.4 Å². The molecule has 4 nitrogen and oxygen atoms in total. The van der Waals surface area contributed by atoms with Crippen LogP contribution in [0.2, 0.25) is 0 Å². The predicted molar refractivity (Wildman–Crippen MR) is 127 cm³/mol. The summed E-state index contributed by atoms with van der Waals surface area (Å²) in [5.41, 5.74) is 0. The molecular formula is C22H48O4P2. The Morgan fingerprint density at radius 2 is 0.536 bits per heavy atom. The summed E-state index contributed by atoms with van der Waals surface area (Å²) in [6, 6.07) is 0. The molecule has 0 spiro atoms. The van der Waals surface area contributed by atoms with Crippen molar-refractivity contribution in [1.29, 1.82) is 0 Å². The van der Waals surface area contributed by atoms with E-state index in [2.05, 4.69) is 0 Å². The smallest absolute Gasteiger partial charge is 0.0431 e. The first-order valence-electron chi connectivity index (χ1n) is 11.7. The molecule has 170 valence electrons. The number of hydrogen-bond donors (Lipinski definition) is 4. The first-order chi connectivity index (χ1) is 13.8. The average molecular weight is 439 g/mol. The van der Waals surface area contributed by atoms with E-state index in [4.69, 9.17) is 20.4 Å². The van der Waals surface area contributed by atoms with Crippen molar-refractivity contribution in [3.05, 3.63) is 0 Å². The van der Waals surface area contributed by atoms with E-state index >= 15 is 0 Å². The molecule has 0 heterocycles. The third kappa shape index (κ3) is 20.0. The van der Waals surface area contributed by atoms with Gasteiger partial charge in [-0.25, -0.2) is 0 Å². The molecule has 0 unspecified atom stereocenters. The molecule has 4 N–H and O–H groups in total. The van der Waals surface area contributed by atoms with E-state index in [1.165, 1.54) is 62.7 Å². The first-order valence-corrected chi connectivity index (χ1v) is 15.5. The fourth-order valence-corrected chi connectivity index (χ4v) is 9.74. The van der Waals surface area contributed by atoms with E-state index in [0.29, 0.717) is 26.4 Å². The molecule has 0 saturated carbocycles. The van der Waals surface area contributed by atoms with Gasteiger partial charge in [0.2, 0.25) is 0 Å². The van der Waals surface area contributed by atoms with Crippen molar-refractivity contribution in [3.63, 3.8) is 0 Å². The summed E-state index contributed by atoms with van der Waals surface area (Å²) >= 11 is 0. The van der Waals surface area contributed by atoms with Crippen molar-refractivity contribution >= 4 is 15.8 Å². The Hall–Kier alpha value is 0.700. The summed E-state index contributed by atoms with van der Waals surface area (Å²) in [5, 5.41) is 36.0. The van der Waals surface area contributed by atoms with E-state index in [1.54, 1.807) is 0 Å². The summed E-state index contributed by atoms with van der Waals surface area (Å²) in [7, 11) is 0.206. The molecule has 0 saturated heterocycles. The van der Waals surface area contributed by atoms with Crippen LogP contribution in [0.5, 0.6) is 0 Å². The van der Waals surface area contributed by atoms with Gasteiger partial charge in [-0.05, 0) is 88.3 Å². The van der Waals surface area contributed by atoms with Crippen molar-refractivity contribution < 1.29 is 20.4 Å². The normalized spacial score (nSPS) is 11.8. The molecular weight excluding hydrogens is 390 g/mol. The zero-order valence-corrected chi connectivity index (χ0v) is 20.0. The molecule has 0 aliphatic heterocycles. The zero-order valence-electron chi connectivity index (χ0n) is 18.2. The molecule has 0 radical (unpaired) electrons. The lowest BCUT2D eigenvalue weighted by Gasteiger charge is -2.23. The van der Waals surface area contributed by atoms with Crippen molar-refractivity contribution in [2.45, 2.75) is 77.0 Å². The van der Waals surface area contributed by atoms with Gasteiger partial charge >= 0.3 is 0 Å². The number of unbranched alkanes of at least 4 members (excludes halogenated alkanes) is 8. The quantitative estimate of drug-likeness (QED) is 0.139. The minimum absolute atomic E-state index is 0.103. The Kier molecular flexibility index (Phi) is 24.6. The van der Waals surface area contributed by atoms with E-state index in [9.17, 15) is 0 Å². The Bertz CT molecular complexity index is 244. The van der Waals surface area contributed by atoms with Crippen LogP contribution in [0.4, 0.5) is 0 Å². The van der Waals surface area contributed by atoms with Crippen LogP contribution in [0, 0.1) is 0 Å². The maximum atomic E-state index is 9.00. The van der Waals surface area contributed by atoms with E-state index < -0.39 is 0 Å². The first kappa shape index (κ1) is 28.7. The molecule has 28 heavy (non-hydrogen) atoms. The number of aliphatic hydroxyl groups excluding tert-OH is 4. The highest BCUT2D eigenvalue weighted by atomic mass is 31.1. The number of hydrogen-bond acceptors (Lipinski definition) is 4. The second-order valence-corrected chi connectivity index (χ2v) is 13.2. The molecule has 0 aromatic carbocycles. The standard InChI is InChI=1S/C22H48O4P2/c23-13-5-1-9-17-27(18-10-2-6-14-24)21-22-28(19-11-3-7-15-25)20-12-4-8-16-26/h23-26H,1-22H2. The molecule has 0 aromatic heterocycles. The van der Waals surface area contributed by atoms with E-state index in [-0.39, 0.29) is 15.8 Å². The third-order valence-corrected chi connectivity index (χ3v) is 11.1. The van der Waals surface area contributed by atoms with E-state index in [0.717, 1.165) is 51.4 Å². The van der Waals surface area contributed by atoms with Gasteiger partial charge in [-0.1, -0.05) is 25.7 Å². The molecule has 6 heteroatoms. The summed E-state index contributed by atoms with van der Waals surface area (Å²) in [5.74, 6) is 0. The van der Waals surface area contributed by atoms with Crippen LogP contribution in [0.1, 0.15) is 77.0 Å². The molecule has 0 amide bonds. The SMILES string of the molecule is OCCCCCP(CCCCCO)CCP(CCCCCO)CCCCCO. The summed E-state index contributed by atoms with van der Waals surface area (Å²) in [6.07, 6.45) is 21.6. The fraction of sp³-hybridized carbons (Fsp3) is 1.00. The molecule has 0 bridgehead atoms. The third-order valence-electron chi connectivity index (χ3n) is 5.26. The van der Waals surface area contributed by atoms with Crippen LogP contribution in [0.15, 0.2) is 0 Å². The summed E-state index contributed by atoms with van der Waals surface area (Å²) in [6.45, 7) is 1.28. The highest BCUT2D eigenvalue weighted by Gasteiger charge is 2.13. The van der Waals surface area contributed by atoms with Crippen LogP contribution in [-0.4, -0.2) is 83.8 Å². The zero-order chi connectivity index (χ0) is 20.7. The maximum Gasteiger partial charge on any atom is 0.0431 e. The topological polar surface area (TPSA) is 80.9 Å². The van der Waals surface area contributed by atoms with Crippen molar-refractivity contribution in [1.82, 2.24) is 0 Å². The van der Waals surface area contributed by atoms with Crippen LogP contribution in [0.3, 0.4) is 0 Å². The van der Waals surface area contributed by atoms with Gasteiger partial charge in [0.1, 0.15) is 0 Å². The summed E-state index contributed by atoms with van der Waals surface area (Å²) in [4.78, 5) is 0. The fourth-order valence-electron chi connectivity index (χ4n) is 3.45. The predicted octanol–water partition coefficient (Wildman–Crippen LogP) is 4.60. The minimum atomic E-state index is 0.103.